The molecule has 1 fully saturated rings. The third-order valence-corrected chi connectivity index (χ3v) is 5.12. The van der Waals surface area contributed by atoms with Gasteiger partial charge in [-0.3, -0.25) is 4.84 Å². The van der Waals surface area contributed by atoms with Crippen molar-refractivity contribution < 1.29 is 4.84 Å². The van der Waals surface area contributed by atoms with E-state index in [1.54, 1.807) is 0 Å². The lowest BCUT2D eigenvalue weighted by Gasteiger charge is -2.24. The van der Waals surface area contributed by atoms with Gasteiger partial charge in [0.1, 0.15) is 6.10 Å². The molecular formula is C23H20N2O. The minimum Gasteiger partial charge on any atom is -0.361 e. The lowest BCUT2D eigenvalue weighted by molar-refractivity contribution is 0.0837. The first-order valence-electron chi connectivity index (χ1n) is 9.02. The molecule has 1 saturated heterocycles. The third kappa shape index (κ3) is 2.57. The van der Waals surface area contributed by atoms with Gasteiger partial charge in [0, 0.05) is 29.1 Å². The van der Waals surface area contributed by atoms with E-state index in [9.17, 15) is 0 Å². The van der Waals surface area contributed by atoms with Gasteiger partial charge in [-0.15, -0.1) is 0 Å². The van der Waals surface area contributed by atoms with Crippen molar-refractivity contribution in [3.63, 3.8) is 0 Å². The molecule has 3 nitrogen and oxygen atoms in total. The molecule has 4 aromatic rings. The minimum atomic E-state index is 0.0510. The van der Waals surface area contributed by atoms with Crippen LogP contribution in [0.3, 0.4) is 0 Å². The van der Waals surface area contributed by atoms with Crippen LogP contribution in [0.4, 0.5) is 5.69 Å². The summed E-state index contributed by atoms with van der Waals surface area (Å²) in [5, 5.41) is 3.34. The Balaban J connectivity index is 1.58. The monoisotopic (exact) mass is 340 g/mol. The molecule has 0 saturated carbocycles. The Morgan fingerprint density at radius 2 is 1.50 bits per heavy atom. The van der Waals surface area contributed by atoms with Gasteiger partial charge in [0.25, 0.3) is 0 Å². The van der Waals surface area contributed by atoms with E-state index in [4.69, 9.17) is 4.84 Å². The Bertz CT molecular complexity index is 1010. The largest absolute Gasteiger partial charge is 0.361 e. The number of hydrogen-bond donors (Lipinski definition) is 1. The number of fused-ring (bicyclic) bond motifs is 1. The highest BCUT2D eigenvalue weighted by Gasteiger charge is 2.36. The standard InChI is InChI=1S/C23H20N2O/c1-3-9-17(10-4-1)23-15-22(25(26-23)18-11-5-2-6-12-18)20-16-24-21-14-8-7-13-19(20)21/h1-14,16,22-24H,15H2/t22-,23+/m1/s1. The predicted octanol–water partition coefficient (Wildman–Crippen LogP) is 5.79. The summed E-state index contributed by atoms with van der Waals surface area (Å²) in [6.07, 6.45) is 3.10. The van der Waals surface area contributed by atoms with Crippen molar-refractivity contribution in [1.82, 2.24) is 4.98 Å². The number of aromatic amines is 1. The molecular weight excluding hydrogens is 320 g/mol. The molecule has 1 aliphatic heterocycles. The van der Waals surface area contributed by atoms with Gasteiger partial charge in [-0.25, -0.2) is 5.06 Å². The first kappa shape index (κ1) is 15.2. The molecule has 1 N–H and O–H groups in total. The molecule has 26 heavy (non-hydrogen) atoms. The number of rotatable bonds is 3. The summed E-state index contributed by atoms with van der Waals surface area (Å²) in [6, 6.07) is 29.5. The second-order valence-electron chi connectivity index (χ2n) is 6.71. The number of anilines is 1. The van der Waals surface area contributed by atoms with Crippen LogP contribution in [-0.2, 0) is 4.84 Å². The number of H-pyrrole nitrogens is 1. The molecule has 128 valence electrons. The Morgan fingerprint density at radius 1 is 0.808 bits per heavy atom. The van der Waals surface area contributed by atoms with Crippen molar-refractivity contribution >= 4 is 16.6 Å². The third-order valence-electron chi connectivity index (χ3n) is 5.12. The van der Waals surface area contributed by atoms with Gasteiger partial charge in [0.2, 0.25) is 0 Å². The maximum absolute atomic E-state index is 6.44. The summed E-state index contributed by atoms with van der Waals surface area (Å²) < 4.78 is 0. The topological polar surface area (TPSA) is 28.3 Å². The summed E-state index contributed by atoms with van der Waals surface area (Å²) in [7, 11) is 0. The molecule has 0 bridgehead atoms. The van der Waals surface area contributed by atoms with Crippen molar-refractivity contribution in [2.45, 2.75) is 18.6 Å². The highest BCUT2D eigenvalue weighted by Crippen LogP contribution is 2.45. The van der Waals surface area contributed by atoms with E-state index in [-0.39, 0.29) is 12.1 Å². The van der Waals surface area contributed by atoms with Crippen molar-refractivity contribution in [3.05, 3.63) is 102 Å². The van der Waals surface area contributed by atoms with Crippen LogP contribution in [0.1, 0.15) is 29.7 Å². The summed E-state index contributed by atoms with van der Waals surface area (Å²) in [4.78, 5) is 9.85. The van der Waals surface area contributed by atoms with Crippen molar-refractivity contribution in [2.75, 3.05) is 5.06 Å². The van der Waals surface area contributed by atoms with Gasteiger partial charge in [-0.2, -0.15) is 0 Å². The first-order chi connectivity index (χ1) is 12.9. The van der Waals surface area contributed by atoms with Gasteiger partial charge in [-0.1, -0.05) is 66.7 Å². The number of benzene rings is 3. The molecule has 5 rings (SSSR count). The predicted molar refractivity (Wildman–Crippen MR) is 105 cm³/mol. The highest BCUT2D eigenvalue weighted by atomic mass is 16.7. The quantitative estimate of drug-likeness (QED) is 0.511. The maximum Gasteiger partial charge on any atom is 0.113 e. The van der Waals surface area contributed by atoms with E-state index in [1.165, 1.54) is 22.0 Å². The number of hydroxylamine groups is 1. The number of hydrogen-bond acceptors (Lipinski definition) is 2. The van der Waals surface area contributed by atoms with Gasteiger partial charge >= 0.3 is 0 Å². The smallest absolute Gasteiger partial charge is 0.113 e. The molecule has 2 atom stereocenters. The molecule has 0 unspecified atom stereocenters. The van der Waals surface area contributed by atoms with Crippen LogP contribution in [0, 0.1) is 0 Å². The van der Waals surface area contributed by atoms with E-state index in [0.717, 1.165) is 12.1 Å². The average Bonchev–Trinajstić information content (AvgIpc) is 3.34. The highest BCUT2D eigenvalue weighted by molar-refractivity contribution is 5.84. The van der Waals surface area contributed by atoms with Crippen LogP contribution in [0.5, 0.6) is 0 Å². The number of aromatic nitrogens is 1. The summed E-state index contributed by atoms with van der Waals surface area (Å²) in [6.45, 7) is 0. The van der Waals surface area contributed by atoms with Crippen LogP contribution < -0.4 is 5.06 Å². The Labute approximate surface area is 152 Å². The molecule has 3 heteroatoms. The number of para-hydroxylation sites is 2. The van der Waals surface area contributed by atoms with Crippen LogP contribution in [0.15, 0.2) is 91.1 Å². The molecule has 0 spiro atoms. The van der Waals surface area contributed by atoms with Crippen LogP contribution >= 0.6 is 0 Å². The zero-order valence-electron chi connectivity index (χ0n) is 14.4. The van der Waals surface area contributed by atoms with E-state index in [1.807, 2.05) is 12.1 Å². The van der Waals surface area contributed by atoms with Crippen LogP contribution in [0.25, 0.3) is 10.9 Å². The van der Waals surface area contributed by atoms with Gasteiger partial charge in [0.15, 0.2) is 0 Å². The molecule has 0 aliphatic carbocycles. The van der Waals surface area contributed by atoms with Gasteiger partial charge < -0.3 is 4.98 Å². The summed E-state index contributed by atoms with van der Waals surface area (Å²) in [5.74, 6) is 0. The van der Waals surface area contributed by atoms with Crippen molar-refractivity contribution in [3.8, 4) is 0 Å². The zero-order chi connectivity index (χ0) is 17.3. The fraction of sp³-hybridized carbons (Fsp3) is 0.130. The summed E-state index contributed by atoms with van der Waals surface area (Å²) >= 11 is 0. The van der Waals surface area contributed by atoms with Crippen molar-refractivity contribution in [2.24, 2.45) is 0 Å². The van der Waals surface area contributed by atoms with E-state index in [0.29, 0.717) is 0 Å². The fourth-order valence-corrected chi connectivity index (χ4v) is 3.86. The maximum atomic E-state index is 6.44. The van der Waals surface area contributed by atoms with Gasteiger partial charge in [0.05, 0.1) is 11.7 Å². The Hall–Kier alpha value is -3.04. The Kier molecular flexibility index (Phi) is 3.72. The van der Waals surface area contributed by atoms with E-state index >= 15 is 0 Å². The van der Waals surface area contributed by atoms with E-state index in [2.05, 4.69) is 89.0 Å². The molecule has 1 aromatic heterocycles. The SMILES string of the molecule is c1ccc([C@@H]2C[C@H](c3c[nH]c4ccccc34)N(c3ccccc3)O2)cc1. The Morgan fingerprint density at radius 3 is 2.31 bits per heavy atom. The number of nitrogens with one attached hydrogen (secondary N) is 1. The molecule has 2 heterocycles. The summed E-state index contributed by atoms with van der Waals surface area (Å²) in [5.41, 5.74) is 4.75. The zero-order valence-corrected chi connectivity index (χ0v) is 14.4. The van der Waals surface area contributed by atoms with E-state index < -0.39 is 0 Å². The molecule has 1 aliphatic rings. The van der Waals surface area contributed by atoms with Crippen LogP contribution in [0.2, 0.25) is 0 Å². The molecule has 0 amide bonds. The molecule has 0 radical (unpaired) electrons. The normalized spacial score (nSPS) is 19.9. The van der Waals surface area contributed by atoms with Crippen molar-refractivity contribution in [1.29, 1.82) is 0 Å². The first-order valence-corrected chi connectivity index (χ1v) is 9.02. The molecule has 3 aromatic carbocycles. The lowest BCUT2D eigenvalue weighted by atomic mass is 9.97. The van der Waals surface area contributed by atoms with Gasteiger partial charge in [-0.05, 0) is 23.8 Å². The minimum absolute atomic E-state index is 0.0510. The second kappa shape index (κ2) is 6.36. The fourth-order valence-electron chi connectivity index (χ4n) is 3.86. The van der Waals surface area contributed by atoms with Crippen LogP contribution in [-0.4, -0.2) is 4.98 Å². The second-order valence-corrected chi connectivity index (χ2v) is 6.71. The lowest BCUT2D eigenvalue weighted by Crippen LogP contribution is -2.21. The number of nitrogens with zero attached hydrogens (tertiary/aromatic N) is 1. The average molecular weight is 340 g/mol.